The Morgan fingerprint density at radius 3 is 2.15 bits per heavy atom. The highest BCUT2D eigenvalue weighted by molar-refractivity contribution is 7.89. The van der Waals surface area contributed by atoms with Crippen molar-refractivity contribution in [2.24, 2.45) is 0 Å². The Bertz CT molecular complexity index is 1480. The third-order valence-corrected chi connectivity index (χ3v) is 7.34. The molecule has 0 unspecified atom stereocenters. The van der Waals surface area contributed by atoms with Crippen molar-refractivity contribution in [1.82, 2.24) is 4.72 Å². The summed E-state index contributed by atoms with van der Waals surface area (Å²) >= 11 is 0. The molecule has 0 aromatic heterocycles. The van der Waals surface area contributed by atoms with Crippen LogP contribution in [0.5, 0.6) is 17.2 Å². The van der Waals surface area contributed by atoms with E-state index in [-0.39, 0.29) is 24.0 Å². The van der Waals surface area contributed by atoms with Gasteiger partial charge in [-0.2, -0.15) is 0 Å². The third kappa shape index (κ3) is 7.83. The van der Waals surface area contributed by atoms with E-state index in [0.29, 0.717) is 35.0 Å². The Kier molecular flexibility index (Phi) is 9.19. The molecule has 8 nitrogen and oxygen atoms in total. The lowest BCUT2D eigenvalue weighted by molar-refractivity contribution is 0.257. The zero-order chi connectivity index (χ0) is 27.7. The molecule has 4 rings (SSSR count). The number of carbonyl (C=O) groups is 1. The third-order valence-electron chi connectivity index (χ3n) is 5.86. The van der Waals surface area contributed by atoms with Crippen molar-refractivity contribution in [1.29, 1.82) is 0 Å². The molecule has 0 aliphatic heterocycles. The molecule has 0 aliphatic rings. The number of amides is 2. The van der Waals surface area contributed by atoms with Gasteiger partial charge in [0.15, 0.2) is 0 Å². The molecule has 202 valence electrons. The summed E-state index contributed by atoms with van der Waals surface area (Å²) < 4.78 is 38.9. The van der Waals surface area contributed by atoms with Gasteiger partial charge in [0.05, 0.1) is 12.0 Å². The topological polar surface area (TPSA) is 97.0 Å². The van der Waals surface area contributed by atoms with E-state index in [4.69, 9.17) is 9.47 Å². The van der Waals surface area contributed by atoms with Crippen LogP contribution in [-0.4, -0.2) is 34.6 Å². The molecular weight excluding hydrogens is 514 g/mol. The minimum atomic E-state index is -3.70. The van der Waals surface area contributed by atoms with Crippen molar-refractivity contribution in [3.05, 3.63) is 109 Å². The number of benzene rings is 4. The summed E-state index contributed by atoms with van der Waals surface area (Å²) in [6, 6.07) is 30.0. The number of nitrogens with one attached hydrogen (secondary N) is 2. The normalized spacial score (nSPS) is 11.0. The predicted molar refractivity (Wildman–Crippen MR) is 153 cm³/mol. The molecular formula is C30H31N3O5S. The summed E-state index contributed by atoms with van der Waals surface area (Å²) in [6.07, 6.45) is 0.388. The largest absolute Gasteiger partial charge is 0.497 e. The van der Waals surface area contributed by atoms with Crippen LogP contribution in [-0.2, 0) is 10.0 Å². The Hall–Kier alpha value is -4.34. The molecule has 4 aromatic carbocycles. The van der Waals surface area contributed by atoms with Crippen molar-refractivity contribution in [2.45, 2.75) is 18.2 Å². The van der Waals surface area contributed by atoms with Crippen molar-refractivity contribution < 1.29 is 22.7 Å². The minimum absolute atomic E-state index is 0.145. The maximum Gasteiger partial charge on any atom is 0.326 e. The summed E-state index contributed by atoms with van der Waals surface area (Å²) in [5.74, 6) is 1.92. The second kappa shape index (κ2) is 12.9. The van der Waals surface area contributed by atoms with Gasteiger partial charge in [0, 0.05) is 24.5 Å². The highest BCUT2D eigenvalue weighted by Crippen LogP contribution is 2.25. The quantitative estimate of drug-likeness (QED) is 0.219. The van der Waals surface area contributed by atoms with E-state index in [9.17, 15) is 13.2 Å². The number of nitrogens with zero attached hydrogens (tertiary/aromatic N) is 1. The summed E-state index contributed by atoms with van der Waals surface area (Å²) in [4.78, 5) is 15.0. The molecule has 4 aromatic rings. The number of rotatable bonds is 11. The number of urea groups is 1. The smallest absolute Gasteiger partial charge is 0.326 e. The molecule has 0 atom stereocenters. The lowest BCUT2D eigenvalue weighted by Crippen LogP contribution is -2.37. The number of para-hydroxylation sites is 1. The molecule has 0 fully saturated rings. The zero-order valence-corrected chi connectivity index (χ0v) is 22.6. The molecule has 0 bridgehead atoms. The fourth-order valence-electron chi connectivity index (χ4n) is 3.86. The van der Waals surface area contributed by atoms with Crippen molar-refractivity contribution >= 4 is 27.4 Å². The number of hydrogen-bond acceptors (Lipinski definition) is 5. The molecule has 2 amide bonds. The first-order valence-corrected chi connectivity index (χ1v) is 13.9. The van der Waals surface area contributed by atoms with Crippen molar-refractivity contribution in [3.63, 3.8) is 0 Å². The van der Waals surface area contributed by atoms with Gasteiger partial charge < -0.3 is 14.8 Å². The Balaban J connectivity index is 1.44. The molecule has 0 saturated heterocycles. The van der Waals surface area contributed by atoms with E-state index < -0.39 is 10.0 Å². The maximum atomic E-state index is 13.3. The van der Waals surface area contributed by atoms with Gasteiger partial charge in [-0.15, -0.1) is 0 Å². The second-order valence-corrected chi connectivity index (χ2v) is 10.6. The highest BCUT2D eigenvalue weighted by Gasteiger charge is 2.18. The fourth-order valence-corrected chi connectivity index (χ4v) is 4.94. The van der Waals surface area contributed by atoms with Crippen molar-refractivity contribution in [3.8, 4) is 17.2 Å². The molecule has 0 spiro atoms. The van der Waals surface area contributed by atoms with E-state index in [0.717, 1.165) is 5.56 Å². The molecule has 9 heteroatoms. The number of anilines is 2. The molecule has 2 N–H and O–H groups in total. The number of carbonyl (C=O) groups excluding carboxylic acids is 1. The Labute approximate surface area is 229 Å². The minimum Gasteiger partial charge on any atom is -0.497 e. The van der Waals surface area contributed by atoms with Gasteiger partial charge in [-0.1, -0.05) is 30.3 Å². The first-order chi connectivity index (χ1) is 18.8. The second-order valence-electron chi connectivity index (χ2n) is 8.79. The van der Waals surface area contributed by atoms with Gasteiger partial charge in [-0.05, 0) is 91.7 Å². The average molecular weight is 546 g/mol. The monoisotopic (exact) mass is 545 g/mol. The number of sulfonamides is 1. The van der Waals surface area contributed by atoms with Crippen LogP contribution in [0.4, 0.5) is 16.2 Å². The van der Waals surface area contributed by atoms with Crippen LogP contribution in [0, 0.1) is 6.92 Å². The van der Waals surface area contributed by atoms with Gasteiger partial charge in [-0.25, -0.2) is 17.9 Å². The van der Waals surface area contributed by atoms with Crippen LogP contribution in [0.25, 0.3) is 0 Å². The first kappa shape index (κ1) is 27.7. The van der Waals surface area contributed by atoms with E-state index >= 15 is 0 Å². The van der Waals surface area contributed by atoms with E-state index in [1.807, 2.05) is 61.5 Å². The number of ether oxygens (including phenoxy) is 2. The number of methoxy groups -OCH3 is 1. The van der Waals surface area contributed by atoms with Crippen LogP contribution in [0.3, 0.4) is 0 Å². The standard InChI is InChI=1S/C30H31N3O5S/c1-23-8-6-9-24(22-23)32-30(34)33(25-12-14-28(15-13-25)38-27-10-4-3-5-11-27)21-7-20-31-39(35,36)29-18-16-26(37-2)17-19-29/h3-6,8-19,22,31H,7,20-21H2,1-2H3,(H,32,34). The first-order valence-electron chi connectivity index (χ1n) is 12.5. The van der Waals surface area contributed by atoms with Gasteiger partial charge in [0.2, 0.25) is 10.0 Å². The summed E-state index contributed by atoms with van der Waals surface area (Å²) in [7, 11) is -2.18. The lowest BCUT2D eigenvalue weighted by atomic mass is 10.2. The van der Waals surface area contributed by atoms with E-state index in [2.05, 4.69) is 10.0 Å². The molecule has 0 saturated carbocycles. The lowest BCUT2D eigenvalue weighted by Gasteiger charge is -2.24. The maximum absolute atomic E-state index is 13.3. The predicted octanol–water partition coefficient (Wildman–Crippen LogP) is 6.20. The van der Waals surface area contributed by atoms with E-state index in [1.165, 1.54) is 19.2 Å². The van der Waals surface area contributed by atoms with Gasteiger partial charge in [-0.3, -0.25) is 4.90 Å². The summed E-state index contributed by atoms with van der Waals surface area (Å²) in [5, 5.41) is 2.93. The van der Waals surface area contributed by atoms with E-state index in [1.54, 1.807) is 41.3 Å². The molecule has 0 radical (unpaired) electrons. The zero-order valence-electron chi connectivity index (χ0n) is 21.8. The average Bonchev–Trinajstić information content (AvgIpc) is 2.94. The van der Waals surface area contributed by atoms with Crippen LogP contribution < -0.4 is 24.4 Å². The summed E-state index contributed by atoms with van der Waals surface area (Å²) in [5.41, 5.74) is 2.35. The molecule has 39 heavy (non-hydrogen) atoms. The Morgan fingerprint density at radius 2 is 1.49 bits per heavy atom. The highest BCUT2D eigenvalue weighted by atomic mass is 32.2. The van der Waals surface area contributed by atoms with Gasteiger partial charge in [0.25, 0.3) is 0 Å². The molecule has 0 heterocycles. The number of aryl methyl sites for hydroxylation is 1. The van der Waals surface area contributed by atoms with Crippen LogP contribution in [0.1, 0.15) is 12.0 Å². The van der Waals surface area contributed by atoms with Gasteiger partial charge >= 0.3 is 6.03 Å². The van der Waals surface area contributed by atoms with Gasteiger partial charge in [0.1, 0.15) is 17.2 Å². The molecule has 0 aliphatic carbocycles. The SMILES string of the molecule is COc1ccc(S(=O)(=O)NCCCN(C(=O)Nc2cccc(C)c2)c2ccc(Oc3ccccc3)cc2)cc1. The fraction of sp³-hybridized carbons (Fsp3) is 0.167. The van der Waals surface area contributed by atoms with Crippen LogP contribution >= 0.6 is 0 Å². The van der Waals surface area contributed by atoms with Crippen molar-refractivity contribution in [2.75, 3.05) is 30.4 Å². The number of hydrogen-bond donors (Lipinski definition) is 2. The Morgan fingerprint density at radius 1 is 0.821 bits per heavy atom. The summed E-state index contributed by atoms with van der Waals surface area (Å²) in [6.45, 7) is 2.38. The van der Waals surface area contributed by atoms with Crippen LogP contribution in [0.2, 0.25) is 0 Å². The van der Waals surface area contributed by atoms with Crippen LogP contribution in [0.15, 0.2) is 108 Å².